The number of fused-ring (bicyclic) bond motifs is 2. The second-order valence-electron chi connectivity index (χ2n) is 10.0. The Bertz CT molecular complexity index is 935. The van der Waals surface area contributed by atoms with Gasteiger partial charge in [0.05, 0.1) is 11.1 Å². The molecule has 0 saturated carbocycles. The molecule has 2 amide bonds. The van der Waals surface area contributed by atoms with Crippen LogP contribution in [0.4, 0.5) is 28.0 Å². The number of likely N-dealkylation sites (tertiary alicyclic amines) is 1. The Morgan fingerprint density at radius 2 is 1.76 bits per heavy atom. The highest BCUT2D eigenvalue weighted by Gasteiger charge is 2.56. The van der Waals surface area contributed by atoms with Gasteiger partial charge in [-0.3, -0.25) is 4.79 Å². The number of ether oxygens (including phenoxy) is 2. The maximum absolute atomic E-state index is 15.4. The summed E-state index contributed by atoms with van der Waals surface area (Å²) in [5.41, 5.74) is -2.40. The maximum Gasteiger partial charge on any atom is 0.410 e. The summed E-state index contributed by atoms with van der Waals surface area (Å²) in [6.07, 6.45) is -5.27. The molecule has 3 rings (SSSR count). The van der Waals surface area contributed by atoms with Crippen molar-refractivity contribution in [1.29, 1.82) is 0 Å². The minimum absolute atomic E-state index is 0.00974. The van der Waals surface area contributed by atoms with E-state index in [0.29, 0.717) is 11.4 Å². The smallest absolute Gasteiger partial charge is 0.410 e. The van der Waals surface area contributed by atoms with Crippen LogP contribution in [0.25, 0.3) is 0 Å². The number of carbonyl (C=O) groups is 2. The second kappa shape index (κ2) is 9.24. The lowest BCUT2D eigenvalue weighted by Crippen LogP contribution is -2.52. The molecule has 1 aromatic rings. The molecule has 0 atom stereocenters. The van der Waals surface area contributed by atoms with Crippen molar-refractivity contribution in [3.05, 3.63) is 23.5 Å². The number of nitrogens with zero attached hydrogens (tertiary/aromatic N) is 3. The van der Waals surface area contributed by atoms with Gasteiger partial charge in [0.1, 0.15) is 30.3 Å². The Labute approximate surface area is 196 Å². The third-order valence-corrected chi connectivity index (χ3v) is 5.88. The largest absolute Gasteiger partial charge is 0.492 e. The van der Waals surface area contributed by atoms with Crippen molar-refractivity contribution in [3.63, 3.8) is 0 Å². The molecule has 2 heterocycles. The number of piperidine rings is 1. The predicted molar refractivity (Wildman–Crippen MR) is 118 cm³/mol. The first-order valence-corrected chi connectivity index (χ1v) is 11.1. The highest BCUT2D eigenvalue weighted by molar-refractivity contribution is 6.08. The summed E-state index contributed by atoms with van der Waals surface area (Å²) < 4.78 is 66.3. The van der Waals surface area contributed by atoms with Gasteiger partial charge < -0.3 is 24.2 Å². The summed E-state index contributed by atoms with van der Waals surface area (Å²) in [7, 11) is 3.65. The molecule has 190 valence electrons. The van der Waals surface area contributed by atoms with Gasteiger partial charge in [-0.15, -0.1) is 0 Å². The molecule has 0 aromatic heterocycles. The van der Waals surface area contributed by atoms with Crippen LogP contribution in [-0.2, 0) is 14.9 Å². The van der Waals surface area contributed by atoms with Crippen LogP contribution in [0.2, 0.25) is 0 Å². The summed E-state index contributed by atoms with van der Waals surface area (Å²) in [4.78, 5) is 29.6. The molecule has 0 bridgehead atoms. The Kier molecular flexibility index (Phi) is 7.08. The lowest BCUT2D eigenvalue weighted by molar-refractivity contribution is -0.135. The lowest BCUT2D eigenvalue weighted by atomic mass is 9.73. The first-order chi connectivity index (χ1) is 15.6. The normalized spacial score (nSPS) is 18.0. The molecule has 1 saturated heterocycles. The standard InChI is InChI=1S/C23H31F4N3O4/c1-21(2,3)34-20(32)29-8-6-22(7-9-29)18-16(24)12-15(33-11-10-28(4)5)13-17(18)30(19(22)31)14-23(25,26)27/h12-13H,6-11,14H2,1-5H3. The van der Waals surface area contributed by atoms with Crippen molar-refractivity contribution < 1.29 is 36.6 Å². The zero-order valence-electron chi connectivity index (χ0n) is 20.1. The molecule has 0 aliphatic carbocycles. The number of hydrogen-bond acceptors (Lipinski definition) is 5. The number of halogens is 4. The minimum atomic E-state index is -4.67. The Balaban J connectivity index is 1.92. The van der Waals surface area contributed by atoms with Crippen molar-refractivity contribution in [2.75, 3.05) is 51.8 Å². The number of likely N-dealkylation sites (N-methyl/N-ethyl adjacent to an activating group) is 1. The van der Waals surface area contributed by atoms with Crippen LogP contribution >= 0.6 is 0 Å². The highest BCUT2D eigenvalue weighted by Crippen LogP contribution is 2.51. The van der Waals surface area contributed by atoms with Gasteiger partial charge in [0, 0.05) is 37.3 Å². The van der Waals surface area contributed by atoms with Gasteiger partial charge in [-0.1, -0.05) is 0 Å². The molecule has 1 spiro atoms. The maximum atomic E-state index is 15.4. The van der Waals surface area contributed by atoms with E-state index in [1.807, 2.05) is 19.0 Å². The van der Waals surface area contributed by atoms with E-state index in [1.165, 1.54) is 11.0 Å². The van der Waals surface area contributed by atoms with Crippen molar-refractivity contribution in [1.82, 2.24) is 9.80 Å². The van der Waals surface area contributed by atoms with Crippen LogP contribution in [-0.4, -0.2) is 80.5 Å². The second-order valence-corrected chi connectivity index (χ2v) is 10.0. The first kappa shape index (κ1) is 26.1. The van der Waals surface area contributed by atoms with E-state index < -0.39 is 41.6 Å². The Morgan fingerprint density at radius 1 is 1.15 bits per heavy atom. The number of hydrogen-bond donors (Lipinski definition) is 0. The van der Waals surface area contributed by atoms with E-state index in [4.69, 9.17) is 9.47 Å². The van der Waals surface area contributed by atoms with Gasteiger partial charge in [-0.25, -0.2) is 9.18 Å². The fraction of sp³-hybridized carbons (Fsp3) is 0.652. The van der Waals surface area contributed by atoms with Crippen LogP contribution in [0.3, 0.4) is 0 Å². The monoisotopic (exact) mass is 489 g/mol. The van der Waals surface area contributed by atoms with E-state index >= 15 is 4.39 Å². The van der Waals surface area contributed by atoms with Crippen molar-refractivity contribution in [2.45, 2.75) is 50.8 Å². The Morgan fingerprint density at radius 3 is 2.29 bits per heavy atom. The molecule has 2 aliphatic rings. The number of amides is 2. The van der Waals surface area contributed by atoms with Crippen molar-refractivity contribution >= 4 is 17.7 Å². The summed E-state index contributed by atoms with van der Waals surface area (Å²) in [5.74, 6) is -1.55. The van der Waals surface area contributed by atoms with Crippen LogP contribution < -0.4 is 9.64 Å². The van der Waals surface area contributed by atoms with Gasteiger partial charge in [-0.2, -0.15) is 13.2 Å². The molecule has 2 aliphatic heterocycles. The zero-order chi connectivity index (χ0) is 25.5. The SMILES string of the molecule is CN(C)CCOc1cc(F)c2c(c1)N(CC(F)(F)F)C(=O)C21CCN(C(=O)OC(C)(C)C)CC1. The van der Waals surface area contributed by atoms with E-state index in [9.17, 15) is 22.8 Å². The first-order valence-electron chi connectivity index (χ1n) is 11.1. The molecule has 7 nitrogen and oxygen atoms in total. The predicted octanol–water partition coefficient (Wildman–Crippen LogP) is 3.94. The van der Waals surface area contributed by atoms with Gasteiger partial charge in [0.2, 0.25) is 5.91 Å². The molecule has 0 N–H and O–H groups in total. The molecular formula is C23H31F4N3O4. The summed E-state index contributed by atoms with van der Waals surface area (Å²) in [6.45, 7) is 4.46. The van der Waals surface area contributed by atoms with E-state index in [2.05, 4.69) is 0 Å². The van der Waals surface area contributed by atoms with Crippen molar-refractivity contribution in [3.8, 4) is 5.75 Å². The van der Waals surface area contributed by atoms with Crippen molar-refractivity contribution in [2.24, 2.45) is 0 Å². The number of alkyl halides is 3. The number of rotatable bonds is 5. The number of carbonyl (C=O) groups excluding carboxylic acids is 2. The fourth-order valence-corrected chi connectivity index (χ4v) is 4.36. The Hall–Kier alpha value is -2.56. The zero-order valence-corrected chi connectivity index (χ0v) is 20.1. The van der Waals surface area contributed by atoms with E-state index in [-0.39, 0.29) is 49.5 Å². The summed E-state index contributed by atoms with van der Waals surface area (Å²) in [6, 6.07) is 2.41. The molecule has 1 aromatic carbocycles. The minimum Gasteiger partial charge on any atom is -0.492 e. The highest BCUT2D eigenvalue weighted by atomic mass is 19.4. The quantitative estimate of drug-likeness (QED) is 0.587. The fourth-order valence-electron chi connectivity index (χ4n) is 4.36. The molecule has 0 unspecified atom stereocenters. The molecule has 34 heavy (non-hydrogen) atoms. The average Bonchev–Trinajstić information content (AvgIpc) is 2.89. The van der Waals surface area contributed by atoms with Gasteiger partial charge in [-0.05, 0) is 47.7 Å². The lowest BCUT2D eigenvalue weighted by Gasteiger charge is -2.39. The molecule has 11 heteroatoms. The van der Waals surface area contributed by atoms with E-state index in [0.717, 1.165) is 6.07 Å². The van der Waals surface area contributed by atoms with E-state index in [1.54, 1.807) is 20.8 Å². The number of anilines is 1. The van der Waals surface area contributed by atoms with Gasteiger partial charge in [0.25, 0.3) is 0 Å². The van der Waals surface area contributed by atoms with Gasteiger partial charge >= 0.3 is 12.3 Å². The summed E-state index contributed by atoms with van der Waals surface area (Å²) in [5, 5.41) is 0. The van der Waals surface area contributed by atoms with Crippen LogP contribution in [0.1, 0.15) is 39.2 Å². The molecule has 0 radical (unpaired) electrons. The summed E-state index contributed by atoms with van der Waals surface area (Å²) >= 11 is 0. The van der Waals surface area contributed by atoms with Crippen LogP contribution in [0.5, 0.6) is 5.75 Å². The average molecular weight is 490 g/mol. The third-order valence-electron chi connectivity index (χ3n) is 5.88. The third kappa shape index (κ3) is 5.56. The van der Waals surface area contributed by atoms with Gasteiger partial charge in [0.15, 0.2) is 0 Å². The topological polar surface area (TPSA) is 62.3 Å². The molecular weight excluding hydrogens is 458 g/mol. The van der Waals surface area contributed by atoms with Crippen LogP contribution in [0.15, 0.2) is 12.1 Å². The van der Waals surface area contributed by atoms with Crippen LogP contribution in [0, 0.1) is 5.82 Å². The number of benzene rings is 1. The molecule has 1 fully saturated rings.